The second kappa shape index (κ2) is 6.67. The monoisotopic (exact) mass is 374 g/mol. The van der Waals surface area contributed by atoms with Crippen molar-refractivity contribution in [3.63, 3.8) is 0 Å². The van der Waals surface area contributed by atoms with Crippen LogP contribution in [-0.2, 0) is 6.54 Å². The standard InChI is InChI=1S/C22H18N2O2S/c25-22(24(16-7-8-16)13-15-9-11-27-14-15)18-12-20(21-6-3-10-26-21)23-19-5-2-1-4-17(18)19/h1-6,9-12,14,16H,7-8,13H2. The Morgan fingerprint density at radius 1 is 1.19 bits per heavy atom. The van der Waals surface area contributed by atoms with Crippen LogP contribution in [0.1, 0.15) is 28.8 Å². The zero-order valence-electron chi connectivity index (χ0n) is 14.7. The van der Waals surface area contributed by atoms with E-state index in [4.69, 9.17) is 9.40 Å². The van der Waals surface area contributed by atoms with Crippen molar-refractivity contribution in [2.75, 3.05) is 0 Å². The van der Waals surface area contributed by atoms with Gasteiger partial charge in [-0.05, 0) is 59.5 Å². The number of para-hydroxylation sites is 1. The molecule has 1 fully saturated rings. The molecule has 27 heavy (non-hydrogen) atoms. The number of hydrogen-bond donors (Lipinski definition) is 0. The van der Waals surface area contributed by atoms with Crippen molar-refractivity contribution >= 4 is 28.1 Å². The van der Waals surface area contributed by atoms with Gasteiger partial charge >= 0.3 is 0 Å². The third-order valence-corrected chi connectivity index (χ3v) is 5.63. The van der Waals surface area contributed by atoms with E-state index in [1.54, 1.807) is 17.6 Å². The van der Waals surface area contributed by atoms with Gasteiger partial charge < -0.3 is 9.32 Å². The van der Waals surface area contributed by atoms with E-state index in [0.717, 1.165) is 23.7 Å². The Bertz CT molecular complexity index is 1080. The van der Waals surface area contributed by atoms with Crippen LogP contribution in [0.5, 0.6) is 0 Å². The van der Waals surface area contributed by atoms with Crippen LogP contribution >= 0.6 is 11.3 Å². The topological polar surface area (TPSA) is 46.3 Å². The minimum absolute atomic E-state index is 0.0649. The number of furan rings is 1. The molecular formula is C22H18N2O2S. The molecule has 0 aliphatic heterocycles. The summed E-state index contributed by atoms with van der Waals surface area (Å²) >= 11 is 1.66. The first-order valence-corrected chi connectivity index (χ1v) is 9.99. The van der Waals surface area contributed by atoms with Crippen LogP contribution in [0.3, 0.4) is 0 Å². The van der Waals surface area contributed by atoms with Crippen LogP contribution in [0.25, 0.3) is 22.4 Å². The second-order valence-electron chi connectivity index (χ2n) is 6.85. The molecule has 1 saturated carbocycles. The van der Waals surface area contributed by atoms with Crippen molar-refractivity contribution in [2.45, 2.75) is 25.4 Å². The molecular weight excluding hydrogens is 356 g/mol. The third-order valence-electron chi connectivity index (χ3n) is 4.90. The van der Waals surface area contributed by atoms with Crippen molar-refractivity contribution in [1.29, 1.82) is 0 Å². The van der Waals surface area contributed by atoms with E-state index in [9.17, 15) is 4.79 Å². The molecule has 3 aromatic heterocycles. The lowest BCUT2D eigenvalue weighted by Crippen LogP contribution is -2.32. The highest BCUT2D eigenvalue weighted by Crippen LogP contribution is 2.33. The fourth-order valence-electron chi connectivity index (χ4n) is 3.39. The van der Waals surface area contributed by atoms with Crippen molar-refractivity contribution in [2.24, 2.45) is 0 Å². The van der Waals surface area contributed by atoms with Gasteiger partial charge in [0.25, 0.3) is 5.91 Å². The van der Waals surface area contributed by atoms with Crippen LogP contribution in [-0.4, -0.2) is 21.8 Å². The number of fused-ring (bicyclic) bond motifs is 1. The van der Waals surface area contributed by atoms with Gasteiger partial charge in [0, 0.05) is 18.0 Å². The summed E-state index contributed by atoms with van der Waals surface area (Å²) in [6, 6.07) is 15.8. The maximum atomic E-state index is 13.6. The highest BCUT2D eigenvalue weighted by Gasteiger charge is 2.34. The SMILES string of the molecule is O=C(c1cc(-c2ccco2)nc2ccccc12)N(Cc1ccsc1)C1CC1. The molecule has 4 aromatic rings. The molecule has 3 heterocycles. The Labute approximate surface area is 161 Å². The number of benzene rings is 1. The summed E-state index contributed by atoms with van der Waals surface area (Å²) in [6.07, 6.45) is 3.77. The smallest absolute Gasteiger partial charge is 0.255 e. The van der Waals surface area contributed by atoms with E-state index in [1.807, 2.05) is 47.4 Å². The molecule has 1 aromatic carbocycles. The van der Waals surface area contributed by atoms with Gasteiger partial charge in [0.05, 0.1) is 17.3 Å². The quantitative estimate of drug-likeness (QED) is 0.472. The lowest BCUT2D eigenvalue weighted by atomic mass is 10.0. The minimum Gasteiger partial charge on any atom is -0.463 e. The van der Waals surface area contributed by atoms with Gasteiger partial charge in [0.2, 0.25) is 0 Å². The van der Waals surface area contributed by atoms with E-state index in [2.05, 4.69) is 16.8 Å². The highest BCUT2D eigenvalue weighted by atomic mass is 32.1. The average molecular weight is 374 g/mol. The zero-order valence-corrected chi connectivity index (χ0v) is 15.5. The summed E-state index contributed by atoms with van der Waals surface area (Å²) in [5, 5.41) is 5.05. The van der Waals surface area contributed by atoms with Gasteiger partial charge in [-0.25, -0.2) is 4.98 Å². The van der Waals surface area contributed by atoms with Gasteiger partial charge in [-0.1, -0.05) is 18.2 Å². The number of pyridine rings is 1. The molecule has 0 spiro atoms. The van der Waals surface area contributed by atoms with Crippen LogP contribution in [0.15, 0.2) is 70.0 Å². The fourth-order valence-corrected chi connectivity index (χ4v) is 4.05. The summed E-state index contributed by atoms with van der Waals surface area (Å²) in [5.74, 6) is 0.737. The molecule has 5 heteroatoms. The average Bonchev–Trinajstić information content (AvgIpc) is 3.17. The number of rotatable bonds is 5. The first-order valence-electron chi connectivity index (χ1n) is 9.05. The number of thiophene rings is 1. The van der Waals surface area contributed by atoms with E-state index in [0.29, 0.717) is 29.6 Å². The Morgan fingerprint density at radius 2 is 2.07 bits per heavy atom. The Morgan fingerprint density at radius 3 is 2.81 bits per heavy atom. The van der Waals surface area contributed by atoms with Crippen LogP contribution in [0.4, 0.5) is 0 Å². The van der Waals surface area contributed by atoms with Crippen molar-refractivity contribution < 1.29 is 9.21 Å². The van der Waals surface area contributed by atoms with Crippen molar-refractivity contribution in [3.05, 3.63) is 76.7 Å². The summed E-state index contributed by atoms with van der Waals surface area (Å²) in [5.41, 5.74) is 3.37. The largest absolute Gasteiger partial charge is 0.463 e. The van der Waals surface area contributed by atoms with E-state index in [-0.39, 0.29) is 5.91 Å². The first-order chi connectivity index (χ1) is 13.3. The second-order valence-corrected chi connectivity index (χ2v) is 7.63. The summed E-state index contributed by atoms with van der Waals surface area (Å²) in [4.78, 5) is 20.3. The number of carbonyl (C=O) groups is 1. The Balaban J connectivity index is 1.60. The Kier molecular flexibility index (Phi) is 4.02. The predicted molar refractivity (Wildman–Crippen MR) is 107 cm³/mol. The van der Waals surface area contributed by atoms with Gasteiger partial charge in [0.1, 0.15) is 5.69 Å². The molecule has 0 unspecified atom stereocenters. The normalized spacial score (nSPS) is 13.8. The van der Waals surface area contributed by atoms with Gasteiger partial charge in [-0.15, -0.1) is 0 Å². The van der Waals surface area contributed by atoms with Crippen molar-refractivity contribution in [1.82, 2.24) is 9.88 Å². The van der Waals surface area contributed by atoms with Crippen LogP contribution < -0.4 is 0 Å². The summed E-state index contributed by atoms with van der Waals surface area (Å²) in [7, 11) is 0. The molecule has 134 valence electrons. The van der Waals surface area contributed by atoms with Gasteiger partial charge in [0.15, 0.2) is 5.76 Å². The molecule has 1 aliphatic carbocycles. The Hall–Kier alpha value is -2.92. The third kappa shape index (κ3) is 3.15. The van der Waals surface area contributed by atoms with Gasteiger partial charge in [-0.2, -0.15) is 11.3 Å². The lowest BCUT2D eigenvalue weighted by molar-refractivity contribution is 0.0732. The van der Waals surface area contributed by atoms with Crippen LogP contribution in [0, 0.1) is 0 Å². The number of aromatic nitrogens is 1. The molecule has 1 amide bonds. The number of nitrogens with zero attached hydrogens (tertiary/aromatic N) is 2. The fraction of sp³-hybridized carbons (Fsp3) is 0.182. The number of hydrogen-bond acceptors (Lipinski definition) is 4. The number of amides is 1. The molecule has 0 N–H and O–H groups in total. The molecule has 0 saturated heterocycles. The van der Waals surface area contributed by atoms with Crippen molar-refractivity contribution in [3.8, 4) is 11.5 Å². The summed E-state index contributed by atoms with van der Waals surface area (Å²) in [6.45, 7) is 0.653. The molecule has 0 bridgehead atoms. The van der Waals surface area contributed by atoms with E-state index >= 15 is 0 Å². The predicted octanol–water partition coefficient (Wildman–Crippen LogP) is 5.36. The molecule has 4 nitrogen and oxygen atoms in total. The summed E-state index contributed by atoms with van der Waals surface area (Å²) < 4.78 is 5.52. The maximum absolute atomic E-state index is 13.6. The highest BCUT2D eigenvalue weighted by molar-refractivity contribution is 7.07. The molecule has 0 radical (unpaired) electrons. The number of carbonyl (C=O) groups excluding carboxylic acids is 1. The minimum atomic E-state index is 0.0649. The van der Waals surface area contributed by atoms with E-state index in [1.165, 1.54) is 5.56 Å². The molecule has 1 aliphatic rings. The van der Waals surface area contributed by atoms with Gasteiger partial charge in [-0.3, -0.25) is 4.79 Å². The lowest BCUT2D eigenvalue weighted by Gasteiger charge is -2.23. The van der Waals surface area contributed by atoms with E-state index < -0.39 is 0 Å². The van der Waals surface area contributed by atoms with Crippen LogP contribution in [0.2, 0.25) is 0 Å². The maximum Gasteiger partial charge on any atom is 0.255 e. The zero-order chi connectivity index (χ0) is 18.2. The molecule has 0 atom stereocenters. The first kappa shape index (κ1) is 16.3. The molecule has 5 rings (SSSR count).